The third-order valence-corrected chi connectivity index (χ3v) is 5.58. The maximum Gasteiger partial charge on any atom is 0.261 e. The molecule has 0 radical (unpaired) electrons. The van der Waals surface area contributed by atoms with Gasteiger partial charge in [-0.25, -0.2) is 4.39 Å². The summed E-state index contributed by atoms with van der Waals surface area (Å²) in [4.78, 5) is 26.2. The number of benzene rings is 2. The lowest BCUT2D eigenvalue weighted by molar-refractivity contribution is -0.120. The van der Waals surface area contributed by atoms with Crippen LogP contribution in [-0.2, 0) is 4.79 Å². The Balaban J connectivity index is 1.74. The molecule has 3 aromatic rings. The fourth-order valence-electron chi connectivity index (χ4n) is 2.74. The quantitative estimate of drug-likeness (QED) is 0.564. The van der Waals surface area contributed by atoms with E-state index in [1.54, 1.807) is 18.2 Å². The molecular weight excluding hydrogens is 443 g/mol. The number of carbonyl (C=O) groups is 2. The fraction of sp³-hybridized carbons (Fsp3) is 0.143. The van der Waals surface area contributed by atoms with E-state index in [4.69, 9.17) is 0 Å². The topological polar surface area (TPSA) is 58.2 Å². The van der Waals surface area contributed by atoms with Crippen LogP contribution < -0.4 is 10.6 Å². The minimum absolute atomic E-state index is 0.197. The van der Waals surface area contributed by atoms with Gasteiger partial charge in [-0.1, -0.05) is 52.3 Å². The van der Waals surface area contributed by atoms with Crippen LogP contribution in [0.5, 0.6) is 0 Å². The average Bonchev–Trinajstić information content (AvgIpc) is 3.12. The van der Waals surface area contributed by atoms with Gasteiger partial charge in [0.2, 0.25) is 5.91 Å². The van der Waals surface area contributed by atoms with Gasteiger partial charge in [0.15, 0.2) is 0 Å². The zero-order valence-electron chi connectivity index (χ0n) is 15.0. The zero-order valence-corrected chi connectivity index (χ0v) is 17.4. The second-order valence-corrected chi connectivity index (χ2v) is 8.37. The van der Waals surface area contributed by atoms with Crippen molar-refractivity contribution in [3.05, 3.63) is 91.8 Å². The maximum atomic E-state index is 14.5. The summed E-state index contributed by atoms with van der Waals surface area (Å²) in [5, 5.41) is 5.42. The van der Waals surface area contributed by atoms with Crippen molar-refractivity contribution in [3.8, 4) is 0 Å². The van der Waals surface area contributed by atoms with Gasteiger partial charge in [0.1, 0.15) is 5.82 Å². The number of nitrogens with one attached hydrogen (secondary N) is 2. The van der Waals surface area contributed by atoms with E-state index in [1.165, 1.54) is 17.4 Å². The monoisotopic (exact) mass is 460 g/mol. The molecule has 1 heterocycles. The SMILES string of the molecule is Cc1ccc(C(=O)NCC(=O)NC(c2ccccc2)c2ccc(Br)cc2F)s1. The van der Waals surface area contributed by atoms with Gasteiger partial charge < -0.3 is 10.6 Å². The molecule has 1 aromatic heterocycles. The molecule has 0 saturated carbocycles. The molecule has 28 heavy (non-hydrogen) atoms. The van der Waals surface area contributed by atoms with Gasteiger partial charge in [0.25, 0.3) is 5.91 Å². The van der Waals surface area contributed by atoms with Crippen LogP contribution in [0.3, 0.4) is 0 Å². The van der Waals surface area contributed by atoms with Crippen molar-refractivity contribution in [2.75, 3.05) is 6.54 Å². The standard InChI is InChI=1S/C21H18BrFN2O2S/c1-13-7-10-18(28-13)21(27)24-12-19(26)25-20(14-5-3-2-4-6-14)16-9-8-15(22)11-17(16)23/h2-11,20H,12H2,1H3,(H,24,27)(H,25,26). The summed E-state index contributed by atoms with van der Waals surface area (Å²) in [6.45, 7) is 1.71. The largest absolute Gasteiger partial charge is 0.344 e. The number of hydrogen-bond donors (Lipinski definition) is 2. The van der Waals surface area contributed by atoms with Crippen LogP contribution in [0, 0.1) is 12.7 Å². The number of amides is 2. The Kier molecular flexibility index (Phi) is 6.59. The van der Waals surface area contributed by atoms with Crippen molar-refractivity contribution in [3.63, 3.8) is 0 Å². The zero-order chi connectivity index (χ0) is 20.1. The van der Waals surface area contributed by atoms with E-state index in [0.29, 0.717) is 14.9 Å². The first-order chi connectivity index (χ1) is 13.4. The third kappa shape index (κ3) is 5.05. The molecule has 0 fully saturated rings. The molecule has 7 heteroatoms. The van der Waals surface area contributed by atoms with Gasteiger partial charge in [0.05, 0.1) is 17.5 Å². The number of aryl methyl sites for hydroxylation is 1. The number of carbonyl (C=O) groups excluding carboxylic acids is 2. The van der Waals surface area contributed by atoms with Crippen LogP contribution in [0.2, 0.25) is 0 Å². The van der Waals surface area contributed by atoms with Crippen LogP contribution in [0.25, 0.3) is 0 Å². The lowest BCUT2D eigenvalue weighted by Gasteiger charge is -2.21. The number of thiophene rings is 1. The molecule has 3 rings (SSSR count). The van der Waals surface area contributed by atoms with Gasteiger partial charge in [0, 0.05) is 14.9 Å². The average molecular weight is 461 g/mol. The molecule has 0 aliphatic heterocycles. The number of rotatable bonds is 6. The summed E-state index contributed by atoms with van der Waals surface area (Å²) in [7, 11) is 0. The highest BCUT2D eigenvalue weighted by Crippen LogP contribution is 2.26. The first-order valence-electron chi connectivity index (χ1n) is 8.58. The molecule has 0 aliphatic carbocycles. The summed E-state index contributed by atoms with van der Waals surface area (Å²) in [6.07, 6.45) is 0. The molecule has 4 nitrogen and oxygen atoms in total. The predicted octanol–water partition coefficient (Wildman–Crippen LogP) is 4.59. The molecule has 2 amide bonds. The van der Waals surface area contributed by atoms with Crippen molar-refractivity contribution in [1.82, 2.24) is 10.6 Å². The van der Waals surface area contributed by atoms with Gasteiger partial charge >= 0.3 is 0 Å². The highest BCUT2D eigenvalue weighted by Gasteiger charge is 2.21. The summed E-state index contributed by atoms with van der Waals surface area (Å²) in [5.41, 5.74) is 1.10. The van der Waals surface area contributed by atoms with Crippen molar-refractivity contribution >= 4 is 39.1 Å². The molecule has 144 valence electrons. The van der Waals surface area contributed by atoms with Crippen LogP contribution in [0.4, 0.5) is 4.39 Å². The van der Waals surface area contributed by atoms with Gasteiger partial charge in [-0.05, 0) is 36.8 Å². The van der Waals surface area contributed by atoms with Crippen LogP contribution in [0.15, 0.2) is 65.1 Å². The Bertz CT molecular complexity index is 991. The Labute approximate surface area is 174 Å². The summed E-state index contributed by atoms with van der Waals surface area (Å²) in [5.74, 6) is -1.14. The Morgan fingerprint density at radius 3 is 2.50 bits per heavy atom. The van der Waals surface area contributed by atoms with Crippen molar-refractivity contribution in [2.45, 2.75) is 13.0 Å². The number of hydrogen-bond acceptors (Lipinski definition) is 3. The summed E-state index contributed by atoms with van der Waals surface area (Å²) < 4.78 is 15.1. The first-order valence-corrected chi connectivity index (χ1v) is 10.2. The molecule has 1 atom stereocenters. The fourth-order valence-corrected chi connectivity index (χ4v) is 3.86. The smallest absolute Gasteiger partial charge is 0.261 e. The minimum Gasteiger partial charge on any atom is -0.344 e. The number of halogens is 2. The van der Waals surface area contributed by atoms with Gasteiger partial charge in [-0.15, -0.1) is 11.3 Å². The molecule has 0 aliphatic rings. The second kappa shape index (κ2) is 9.12. The molecule has 2 aromatic carbocycles. The van der Waals surface area contributed by atoms with Crippen LogP contribution in [0.1, 0.15) is 31.7 Å². The summed E-state index contributed by atoms with van der Waals surface area (Å²) in [6, 6.07) is 16.8. The normalized spacial score (nSPS) is 11.7. The van der Waals surface area contributed by atoms with Crippen molar-refractivity contribution < 1.29 is 14.0 Å². The van der Waals surface area contributed by atoms with Crippen molar-refractivity contribution in [1.29, 1.82) is 0 Å². The molecule has 1 unspecified atom stereocenters. The highest BCUT2D eigenvalue weighted by atomic mass is 79.9. The molecule has 0 saturated heterocycles. The molecule has 2 N–H and O–H groups in total. The summed E-state index contributed by atoms with van der Waals surface area (Å²) >= 11 is 4.60. The molecule has 0 spiro atoms. The second-order valence-electron chi connectivity index (χ2n) is 6.17. The van der Waals surface area contributed by atoms with E-state index in [2.05, 4.69) is 26.6 Å². The molecular formula is C21H18BrFN2O2S. The van der Waals surface area contributed by atoms with Crippen LogP contribution >= 0.6 is 27.3 Å². The Morgan fingerprint density at radius 1 is 1.11 bits per heavy atom. The van der Waals surface area contributed by atoms with E-state index < -0.39 is 17.8 Å². The Morgan fingerprint density at radius 2 is 1.86 bits per heavy atom. The lowest BCUT2D eigenvalue weighted by atomic mass is 9.98. The highest BCUT2D eigenvalue weighted by molar-refractivity contribution is 9.10. The van der Waals surface area contributed by atoms with Crippen molar-refractivity contribution in [2.24, 2.45) is 0 Å². The van der Waals surface area contributed by atoms with E-state index in [1.807, 2.05) is 43.3 Å². The van der Waals surface area contributed by atoms with E-state index >= 15 is 0 Å². The predicted molar refractivity (Wildman–Crippen MR) is 112 cm³/mol. The van der Waals surface area contributed by atoms with Gasteiger partial charge in [-0.2, -0.15) is 0 Å². The van der Waals surface area contributed by atoms with E-state index in [0.717, 1.165) is 10.4 Å². The van der Waals surface area contributed by atoms with Crippen LogP contribution in [-0.4, -0.2) is 18.4 Å². The lowest BCUT2D eigenvalue weighted by Crippen LogP contribution is -2.39. The van der Waals surface area contributed by atoms with E-state index in [-0.39, 0.29) is 12.5 Å². The Hall–Kier alpha value is -2.51. The molecule has 0 bridgehead atoms. The van der Waals surface area contributed by atoms with Gasteiger partial charge in [-0.3, -0.25) is 9.59 Å². The minimum atomic E-state index is -0.664. The third-order valence-electron chi connectivity index (χ3n) is 4.09. The maximum absolute atomic E-state index is 14.5. The first kappa shape index (κ1) is 20.2. The van der Waals surface area contributed by atoms with E-state index in [9.17, 15) is 14.0 Å².